The fourth-order valence-corrected chi connectivity index (χ4v) is 2.82. The normalized spacial score (nSPS) is 11.7. The maximum atomic E-state index is 12.8. The number of hydrogen-bond acceptors (Lipinski definition) is 3. The lowest BCUT2D eigenvalue weighted by Gasteiger charge is -2.07. The number of carbonyl (C=O) groups excluding carboxylic acids is 1. The van der Waals surface area contributed by atoms with Gasteiger partial charge in [0.15, 0.2) is 0 Å². The van der Waals surface area contributed by atoms with E-state index in [1.807, 2.05) is 6.07 Å². The van der Waals surface area contributed by atoms with E-state index in [0.29, 0.717) is 16.9 Å². The number of furan rings is 1. The smallest absolute Gasteiger partial charge is 0.416 e. The van der Waals surface area contributed by atoms with Gasteiger partial charge in [-0.15, -0.1) is 0 Å². The lowest BCUT2D eigenvalue weighted by molar-refractivity contribution is -0.137. The molecule has 0 unspecified atom stereocenters. The molecule has 0 bridgehead atoms. The molecule has 138 valence electrons. The maximum absolute atomic E-state index is 12.8. The summed E-state index contributed by atoms with van der Waals surface area (Å²) < 4.78 is 44.8. The number of alkyl halides is 3. The van der Waals surface area contributed by atoms with Crippen molar-refractivity contribution in [2.45, 2.75) is 6.18 Å². The van der Waals surface area contributed by atoms with Crippen molar-refractivity contribution < 1.29 is 22.4 Å². The van der Waals surface area contributed by atoms with E-state index in [2.05, 4.69) is 33.1 Å². The van der Waals surface area contributed by atoms with Crippen molar-refractivity contribution in [3.8, 4) is 11.3 Å². The van der Waals surface area contributed by atoms with Crippen molar-refractivity contribution in [1.29, 1.82) is 0 Å². The molecule has 0 aliphatic heterocycles. The number of nitrogens with zero attached hydrogens (tertiary/aromatic N) is 1. The molecule has 4 nitrogen and oxygen atoms in total. The molecule has 0 saturated carbocycles. The minimum absolute atomic E-state index is 0.270. The highest BCUT2D eigenvalue weighted by Crippen LogP contribution is 2.32. The van der Waals surface area contributed by atoms with E-state index in [-0.39, 0.29) is 11.7 Å². The van der Waals surface area contributed by atoms with Crippen LogP contribution in [0.15, 0.2) is 70.2 Å². The molecular formula is C19H12F3IN2O2. The van der Waals surface area contributed by atoms with Crippen LogP contribution in [0, 0.1) is 3.57 Å². The molecule has 2 aromatic carbocycles. The van der Waals surface area contributed by atoms with E-state index in [0.717, 1.165) is 15.7 Å². The second-order valence-corrected chi connectivity index (χ2v) is 6.74. The zero-order valence-corrected chi connectivity index (χ0v) is 15.8. The molecule has 8 heteroatoms. The van der Waals surface area contributed by atoms with Gasteiger partial charge in [0.25, 0.3) is 5.91 Å². The van der Waals surface area contributed by atoms with Crippen LogP contribution in [0.4, 0.5) is 13.2 Å². The molecule has 1 heterocycles. The molecule has 27 heavy (non-hydrogen) atoms. The van der Waals surface area contributed by atoms with Crippen molar-refractivity contribution in [3.05, 3.63) is 81.1 Å². The fraction of sp³-hybridized carbons (Fsp3) is 0.0526. The van der Waals surface area contributed by atoms with Crippen molar-refractivity contribution in [3.63, 3.8) is 0 Å². The third kappa shape index (κ3) is 4.97. The summed E-state index contributed by atoms with van der Waals surface area (Å²) in [5, 5.41) is 3.81. The zero-order chi connectivity index (χ0) is 19.4. The Bertz CT molecular complexity index is 996. The van der Waals surface area contributed by atoms with Gasteiger partial charge in [-0.3, -0.25) is 4.79 Å². The highest BCUT2D eigenvalue weighted by Gasteiger charge is 2.30. The summed E-state index contributed by atoms with van der Waals surface area (Å²) in [4.78, 5) is 12.0. The third-order valence-electron chi connectivity index (χ3n) is 3.55. The Balaban J connectivity index is 1.69. The van der Waals surface area contributed by atoms with E-state index < -0.39 is 11.7 Å². The number of hydrogen-bond donors (Lipinski definition) is 1. The average Bonchev–Trinajstić information content (AvgIpc) is 3.10. The Kier molecular flexibility index (Phi) is 5.64. The predicted octanol–water partition coefficient (Wildman–Crippen LogP) is 5.33. The number of rotatable bonds is 4. The topological polar surface area (TPSA) is 54.6 Å². The summed E-state index contributed by atoms with van der Waals surface area (Å²) in [6.07, 6.45) is -3.14. The van der Waals surface area contributed by atoms with Crippen molar-refractivity contribution in [2.24, 2.45) is 5.10 Å². The van der Waals surface area contributed by atoms with Crippen molar-refractivity contribution in [2.75, 3.05) is 0 Å². The van der Waals surface area contributed by atoms with Crippen LogP contribution in [-0.4, -0.2) is 12.1 Å². The molecule has 0 radical (unpaired) electrons. The van der Waals surface area contributed by atoms with Gasteiger partial charge in [0.1, 0.15) is 11.5 Å². The Morgan fingerprint density at radius 2 is 1.85 bits per heavy atom. The molecule has 1 aromatic heterocycles. The third-order valence-corrected chi connectivity index (χ3v) is 4.22. The van der Waals surface area contributed by atoms with E-state index in [1.165, 1.54) is 24.4 Å². The first kappa shape index (κ1) is 19.2. The minimum atomic E-state index is -4.42. The maximum Gasteiger partial charge on any atom is 0.416 e. The second kappa shape index (κ2) is 7.95. The Morgan fingerprint density at radius 1 is 1.07 bits per heavy atom. The highest BCUT2D eigenvalue weighted by molar-refractivity contribution is 14.1. The number of halogens is 4. The number of carbonyl (C=O) groups is 1. The second-order valence-electron chi connectivity index (χ2n) is 5.49. The molecule has 0 atom stereocenters. The molecule has 0 saturated heterocycles. The fourth-order valence-electron chi connectivity index (χ4n) is 2.27. The van der Waals surface area contributed by atoms with Crippen LogP contribution in [0.3, 0.4) is 0 Å². The van der Waals surface area contributed by atoms with Gasteiger partial charge < -0.3 is 4.42 Å². The first-order chi connectivity index (χ1) is 12.8. The molecule has 0 spiro atoms. The lowest BCUT2D eigenvalue weighted by Crippen LogP contribution is -2.17. The molecule has 0 aliphatic carbocycles. The first-order valence-electron chi connectivity index (χ1n) is 7.69. The summed E-state index contributed by atoms with van der Waals surface area (Å²) in [6, 6.07) is 14.9. The average molecular weight is 484 g/mol. The molecule has 3 aromatic rings. The quantitative estimate of drug-likeness (QED) is 0.309. The SMILES string of the molecule is O=C(N/N=C/c1ccc(-c2cccc(C(F)(F)F)c2)o1)c1cccc(I)c1. The van der Waals surface area contributed by atoms with E-state index in [9.17, 15) is 18.0 Å². The van der Waals surface area contributed by atoms with Gasteiger partial charge in [-0.2, -0.15) is 18.3 Å². The minimum Gasteiger partial charge on any atom is -0.455 e. The molecule has 0 aliphatic rings. The Labute approximate surface area is 166 Å². The first-order valence-corrected chi connectivity index (χ1v) is 8.77. The highest BCUT2D eigenvalue weighted by atomic mass is 127. The largest absolute Gasteiger partial charge is 0.455 e. The van der Waals surface area contributed by atoms with Crippen LogP contribution in [0.1, 0.15) is 21.7 Å². The van der Waals surface area contributed by atoms with Gasteiger partial charge in [-0.25, -0.2) is 5.43 Å². The summed E-state index contributed by atoms with van der Waals surface area (Å²) in [6.45, 7) is 0. The van der Waals surface area contributed by atoms with Crippen LogP contribution >= 0.6 is 22.6 Å². The number of benzene rings is 2. The van der Waals surface area contributed by atoms with Crippen LogP contribution in [0.25, 0.3) is 11.3 Å². The van der Waals surface area contributed by atoms with Crippen molar-refractivity contribution in [1.82, 2.24) is 5.43 Å². The van der Waals surface area contributed by atoms with E-state index in [1.54, 1.807) is 24.3 Å². The molecular weight excluding hydrogens is 472 g/mol. The van der Waals surface area contributed by atoms with E-state index in [4.69, 9.17) is 4.42 Å². The summed E-state index contributed by atoms with van der Waals surface area (Å²) >= 11 is 2.10. The molecule has 1 amide bonds. The van der Waals surface area contributed by atoms with E-state index >= 15 is 0 Å². The van der Waals surface area contributed by atoms with Crippen LogP contribution < -0.4 is 5.43 Å². The lowest BCUT2D eigenvalue weighted by atomic mass is 10.1. The van der Waals surface area contributed by atoms with Gasteiger partial charge in [0.2, 0.25) is 0 Å². The summed E-state index contributed by atoms with van der Waals surface area (Å²) in [5.41, 5.74) is 2.38. The molecule has 1 N–H and O–H groups in total. The number of nitrogens with one attached hydrogen (secondary N) is 1. The van der Waals surface area contributed by atoms with Crippen LogP contribution in [0.5, 0.6) is 0 Å². The van der Waals surface area contributed by atoms with Crippen LogP contribution in [-0.2, 0) is 6.18 Å². The summed E-state index contributed by atoms with van der Waals surface area (Å²) in [5.74, 6) is 0.186. The predicted molar refractivity (Wildman–Crippen MR) is 103 cm³/mol. The van der Waals surface area contributed by atoms with Gasteiger partial charge in [-0.05, 0) is 65.1 Å². The van der Waals surface area contributed by atoms with Gasteiger partial charge in [-0.1, -0.05) is 18.2 Å². The molecule has 0 fully saturated rings. The Morgan fingerprint density at radius 3 is 2.59 bits per heavy atom. The standard InChI is InChI=1S/C19H12F3IN2O2/c20-19(21,22)14-5-1-3-12(9-14)17-8-7-16(27-17)11-24-25-18(26)13-4-2-6-15(23)10-13/h1-11H,(H,25,26)/b24-11+. The Hall–Kier alpha value is -2.62. The van der Waals surface area contributed by atoms with Crippen molar-refractivity contribution >= 4 is 34.7 Å². The van der Waals surface area contributed by atoms with Gasteiger partial charge >= 0.3 is 6.18 Å². The molecule has 3 rings (SSSR count). The number of hydrazone groups is 1. The monoisotopic (exact) mass is 484 g/mol. The van der Waals surface area contributed by atoms with Gasteiger partial charge in [0.05, 0.1) is 11.8 Å². The summed E-state index contributed by atoms with van der Waals surface area (Å²) in [7, 11) is 0. The zero-order valence-electron chi connectivity index (χ0n) is 13.6. The van der Waals surface area contributed by atoms with Gasteiger partial charge in [0, 0.05) is 14.7 Å². The van der Waals surface area contributed by atoms with Crippen LogP contribution in [0.2, 0.25) is 0 Å². The number of amides is 1.